The smallest absolute Gasteiger partial charge is 0.123 e. The summed E-state index contributed by atoms with van der Waals surface area (Å²) < 4.78 is 13.0. The molecule has 0 saturated carbocycles. The van der Waals surface area contributed by atoms with Gasteiger partial charge in [-0.25, -0.2) is 4.39 Å². The molecule has 1 aromatic carbocycles. The van der Waals surface area contributed by atoms with Crippen molar-refractivity contribution in [2.75, 3.05) is 26.2 Å². The number of halogens is 2. The van der Waals surface area contributed by atoms with E-state index < -0.39 is 0 Å². The van der Waals surface area contributed by atoms with E-state index in [4.69, 9.17) is 0 Å². The maximum absolute atomic E-state index is 13.0. The number of hydrogen-bond donors (Lipinski definition) is 1. The number of rotatable bonds is 5. The molecule has 1 heterocycles. The Kier molecular flexibility index (Phi) is 7.49. The summed E-state index contributed by atoms with van der Waals surface area (Å²) in [6, 6.07) is 7.61. The Morgan fingerprint density at radius 1 is 1.35 bits per heavy atom. The number of nitrogens with zero attached hydrogens (tertiary/aromatic N) is 1. The minimum atomic E-state index is -0.151. The second-order valence-corrected chi connectivity index (χ2v) is 5.59. The monoisotopic (exact) mass is 300 g/mol. The molecule has 0 spiro atoms. The van der Waals surface area contributed by atoms with Crippen LogP contribution in [0.4, 0.5) is 4.39 Å². The minimum Gasteiger partial charge on any atom is -0.314 e. The molecule has 0 aromatic heterocycles. The van der Waals surface area contributed by atoms with Crippen LogP contribution in [0.2, 0.25) is 0 Å². The van der Waals surface area contributed by atoms with Crippen LogP contribution in [0.5, 0.6) is 0 Å². The highest BCUT2D eigenvalue weighted by Crippen LogP contribution is 2.20. The van der Waals surface area contributed by atoms with Crippen LogP contribution >= 0.6 is 12.4 Å². The van der Waals surface area contributed by atoms with Crippen LogP contribution in [0, 0.1) is 5.82 Å². The van der Waals surface area contributed by atoms with Crippen molar-refractivity contribution in [3.05, 3.63) is 35.6 Å². The van der Waals surface area contributed by atoms with E-state index in [2.05, 4.69) is 24.1 Å². The molecule has 0 radical (unpaired) electrons. The van der Waals surface area contributed by atoms with E-state index in [1.54, 1.807) is 12.1 Å². The first-order valence-electron chi connectivity index (χ1n) is 7.41. The van der Waals surface area contributed by atoms with Gasteiger partial charge in [0.25, 0.3) is 0 Å². The van der Waals surface area contributed by atoms with Crippen molar-refractivity contribution in [2.45, 2.75) is 38.6 Å². The molecular weight excluding hydrogens is 275 g/mol. The Hall–Kier alpha value is -0.640. The fourth-order valence-electron chi connectivity index (χ4n) is 2.91. The molecular formula is C16H26ClFN2. The highest BCUT2D eigenvalue weighted by atomic mass is 35.5. The van der Waals surface area contributed by atoms with E-state index in [0.29, 0.717) is 12.0 Å². The average molecular weight is 301 g/mol. The van der Waals surface area contributed by atoms with Crippen molar-refractivity contribution >= 4 is 12.4 Å². The molecule has 1 N–H and O–H groups in total. The van der Waals surface area contributed by atoms with Crippen molar-refractivity contribution < 1.29 is 4.39 Å². The van der Waals surface area contributed by atoms with Gasteiger partial charge in [0.15, 0.2) is 0 Å². The third-order valence-corrected chi connectivity index (χ3v) is 4.04. The normalized spacial score (nSPS) is 21.2. The zero-order valence-electron chi connectivity index (χ0n) is 12.4. The number of benzene rings is 1. The molecule has 20 heavy (non-hydrogen) atoms. The maximum Gasteiger partial charge on any atom is 0.123 e. The standard InChI is InChI=1S/C16H25FN2.ClH/c1-3-4-16-11-18-9-10-19(16)12-13(2)14-5-7-15(17)8-6-14;/h5-8,13,16,18H,3-4,9-12H2,1-2H3;1H. The van der Waals surface area contributed by atoms with Crippen LogP contribution in [0.25, 0.3) is 0 Å². The first-order valence-corrected chi connectivity index (χ1v) is 7.41. The van der Waals surface area contributed by atoms with Gasteiger partial charge in [0, 0.05) is 32.2 Å². The lowest BCUT2D eigenvalue weighted by Crippen LogP contribution is -2.52. The van der Waals surface area contributed by atoms with Gasteiger partial charge in [-0.05, 0) is 30.0 Å². The lowest BCUT2D eigenvalue weighted by Gasteiger charge is -2.37. The Balaban J connectivity index is 0.00000200. The Morgan fingerprint density at radius 3 is 2.70 bits per heavy atom. The van der Waals surface area contributed by atoms with Crippen LogP contribution in [0.3, 0.4) is 0 Å². The Bertz CT molecular complexity index is 381. The summed E-state index contributed by atoms with van der Waals surface area (Å²) in [5.74, 6) is 0.306. The van der Waals surface area contributed by atoms with E-state index in [1.165, 1.54) is 18.4 Å². The fourth-order valence-corrected chi connectivity index (χ4v) is 2.91. The lowest BCUT2D eigenvalue weighted by atomic mass is 9.98. The topological polar surface area (TPSA) is 15.3 Å². The largest absolute Gasteiger partial charge is 0.314 e. The van der Waals surface area contributed by atoms with Crippen LogP contribution in [0.1, 0.15) is 38.2 Å². The van der Waals surface area contributed by atoms with Crippen LogP contribution < -0.4 is 5.32 Å². The molecule has 114 valence electrons. The molecule has 0 amide bonds. The molecule has 1 aliphatic heterocycles. The third kappa shape index (κ3) is 4.72. The van der Waals surface area contributed by atoms with Gasteiger partial charge in [0.1, 0.15) is 5.82 Å². The van der Waals surface area contributed by atoms with E-state index in [0.717, 1.165) is 26.2 Å². The predicted octanol–water partition coefficient (Wildman–Crippen LogP) is 3.42. The van der Waals surface area contributed by atoms with Crippen LogP contribution in [0.15, 0.2) is 24.3 Å². The van der Waals surface area contributed by atoms with Crippen LogP contribution in [-0.4, -0.2) is 37.1 Å². The predicted molar refractivity (Wildman–Crippen MR) is 85.2 cm³/mol. The van der Waals surface area contributed by atoms with Gasteiger partial charge in [-0.3, -0.25) is 4.90 Å². The van der Waals surface area contributed by atoms with Crippen LogP contribution in [-0.2, 0) is 0 Å². The second kappa shape index (κ2) is 8.60. The molecule has 0 aliphatic carbocycles. The Labute approximate surface area is 128 Å². The van der Waals surface area contributed by atoms with E-state index in [1.807, 2.05) is 12.1 Å². The second-order valence-electron chi connectivity index (χ2n) is 5.59. The molecule has 4 heteroatoms. The van der Waals surface area contributed by atoms with E-state index >= 15 is 0 Å². The summed E-state index contributed by atoms with van der Waals surface area (Å²) in [6.07, 6.45) is 2.48. The van der Waals surface area contributed by atoms with Gasteiger partial charge in [-0.15, -0.1) is 12.4 Å². The van der Waals surface area contributed by atoms with Crippen molar-refractivity contribution in [1.82, 2.24) is 10.2 Å². The lowest BCUT2D eigenvalue weighted by molar-refractivity contribution is 0.145. The first-order chi connectivity index (χ1) is 9.20. The highest BCUT2D eigenvalue weighted by molar-refractivity contribution is 5.85. The first kappa shape index (κ1) is 17.4. The van der Waals surface area contributed by atoms with Crippen molar-refractivity contribution in [1.29, 1.82) is 0 Å². The molecule has 0 bridgehead atoms. The average Bonchev–Trinajstić information content (AvgIpc) is 2.42. The highest BCUT2D eigenvalue weighted by Gasteiger charge is 2.23. The zero-order valence-corrected chi connectivity index (χ0v) is 13.3. The van der Waals surface area contributed by atoms with Gasteiger partial charge in [0.2, 0.25) is 0 Å². The molecule has 1 aliphatic rings. The Morgan fingerprint density at radius 2 is 2.05 bits per heavy atom. The van der Waals surface area contributed by atoms with Crippen molar-refractivity contribution in [2.24, 2.45) is 0 Å². The molecule has 1 saturated heterocycles. The maximum atomic E-state index is 13.0. The molecule has 2 unspecified atom stereocenters. The summed E-state index contributed by atoms with van der Waals surface area (Å²) >= 11 is 0. The SMILES string of the molecule is CCCC1CNCCN1CC(C)c1ccc(F)cc1.Cl. The van der Waals surface area contributed by atoms with E-state index in [-0.39, 0.29) is 18.2 Å². The molecule has 2 atom stereocenters. The van der Waals surface area contributed by atoms with Gasteiger partial charge in [0.05, 0.1) is 0 Å². The van der Waals surface area contributed by atoms with E-state index in [9.17, 15) is 4.39 Å². The van der Waals surface area contributed by atoms with Gasteiger partial charge < -0.3 is 5.32 Å². The van der Waals surface area contributed by atoms with Crippen molar-refractivity contribution in [3.8, 4) is 0 Å². The quantitative estimate of drug-likeness (QED) is 0.896. The van der Waals surface area contributed by atoms with Gasteiger partial charge in [-0.1, -0.05) is 32.4 Å². The molecule has 1 aromatic rings. The summed E-state index contributed by atoms with van der Waals surface area (Å²) in [7, 11) is 0. The van der Waals surface area contributed by atoms with Gasteiger partial charge in [-0.2, -0.15) is 0 Å². The summed E-state index contributed by atoms with van der Waals surface area (Å²) in [5, 5.41) is 3.48. The summed E-state index contributed by atoms with van der Waals surface area (Å²) in [5.41, 5.74) is 1.23. The zero-order chi connectivity index (χ0) is 13.7. The number of hydrogen-bond acceptors (Lipinski definition) is 2. The molecule has 2 nitrogen and oxygen atoms in total. The van der Waals surface area contributed by atoms with Crippen molar-refractivity contribution in [3.63, 3.8) is 0 Å². The third-order valence-electron chi connectivity index (χ3n) is 4.04. The summed E-state index contributed by atoms with van der Waals surface area (Å²) in [4.78, 5) is 2.59. The van der Waals surface area contributed by atoms with Gasteiger partial charge >= 0.3 is 0 Å². The molecule has 1 fully saturated rings. The summed E-state index contributed by atoms with van der Waals surface area (Å²) in [6.45, 7) is 8.85. The number of nitrogens with one attached hydrogen (secondary N) is 1. The molecule has 2 rings (SSSR count). The number of piperazine rings is 1. The fraction of sp³-hybridized carbons (Fsp3) is 0.625. The minimum absolute atomic E-state index is 0.